The van der Waals surface area contributed by atoms with Gasteiger partial charge in [-0.25, -0.2) is 9.69 Å². The molecule has 3 rings (SSSR count). The summed E-state index contributed by atoms with van der Waals surface area (Å²) >= 11 is 0. The highest BCUT2D eigenvalue weighted by Crippen LogP contribution is 2.24. The number of imide groups is 2. The minimum Gasteiger partial charge on any atom is -0.375 e. The van der Waals surface area contributed by atoms with E-state index in [-0.39, 0.29) is 5.57 Å². The lowest BCUT2D eigenvalue weighted by molar-refractivity contribution is -0.122. The molecule has 0 saturated carbocycles. The molecule has 2 aromatic rings. The maximum Gasteiger partial charge on any atom is 0.335 e. The Morgan fingerprint density at radius 3 is 2.29 bits per heavy atom. The summed E-state index contributed by atoms with van der Waals surface area (Å²) in [7, 11) is 1.98. The number of carbonyl (C=O) groups is 3. The number of hydrogen-bond acceptors (Lipinski definition) is 4. The highest BCUT2D eigenvalue weighted by molar-refractivity contribution is 6.39. The average Bonchev–Trinajstić information content (AvgIpc) is 2.67. The number of urea groups is 1. The normalized spacial score (nSPS) is 15.8. The molecule has 0 atom stereocenters. The van der Waals surface area contributed by atoms with Crippen molar-refractivity contribution < 1.29 is 14.4 Å². The van der Waals surface area contributed by atoms with Gasteiger partial charge in [-0.15, -0.1) is 0 Å². The van der Waals surface area contributed by atoms with Crippen molar-refractivity contribution >= 4 is 35.3 Å². The first-order chi connectivity index (χ1) is 13.3. The summed E-state index contributed by atoms with van der Waals surface area (Å²) < 4.78 is 0. The standard InChI is InChI=1S/C22H23N3O3/c1-5-24(4)17-10-7-16(8-11-17)13-19-20(26)23-22(28)25(21(19)27)18-9-6-14(2)15(3)12-18/h6-13H,5H2,1-4H3,(H,23,26,28)/b19-13-. The fraction of sp³-hybridized carbons (Fsp3) is 0.227. The summed E-state index contributed by atoms with van der Waals surface area (Å²) in [4.78, 5) is 40.6. The molecule has 2 aromatic carbocycles. The number of anilines is 2. The monoisotopic (exact) mass is 377 g/mol. The number of benzene rings is 2. The number of amides is 4. The van der Waals surface area contributed by atoms with E-state index < -0.39 is 17.8 Å². The molecule has 1 N–H and O–H groups in total. The molecule has 1 fully saturated rings. The largest absolute Gasteiger partial charge is 0.375 e. The zero-order valence-electron chi connectivity index (χ0n) is 16.4. The molecule has 0 unspecified atom stereocenters. The Morgan fingerprint density at radius 1 is 1.00 bits per heavy atom. The Balaban J connectivity index is 1.95. The van der Waals surface area contributed by atoms with Crippen LogP contribution in [0.3, 0.4) is 0 Å². The van der Waals surface area contributed by atoms with E-state index in [9.17, 15) is 14.4 Å². The molecule has 0 radical (unpaired) electrons. The maximum atomic E-state index is 12.9. The molecule has 1 aliphatic heterocycles. The van der Waals surface area contributed by atoms with E-state index in [0.29, 0.717) is 11.3 Å². The summed E-state index contributed by atoms with van der Waals surface area (Å²) in [5.74, 6) is -1.32. The minimum atomic E-state index is -0.740. The van der Waals surface area contributed by atoms with Gasteiger partial charge in [-0.3, -0.25) is 14.9 Å². The first-order valence-electron chi connectivity index (χ1n) is 9.11. The van der Waals surface area contributed by atoms with E-state index in [1.165, 1.54) is 6.08 Å². The molecule has 6 heteroatoms. The van der Waals surface area contributed by atoms with Gasteiger partial charge in [0.2, 0.25) is 0 Å². The first-order valence-corrected chi connectivity index (χ1v) is 9.11. The number of nitrogens with one attached hydrogen (secondary N) is 1. The fourth-order valence-corrected chi connectivity index (χ4v) is 2.93. The van der Waals surface area contributed by atoms with E-state index in [1.807, 2.05) is 51.2 Å². The lowest BCUT2D eigenvalue weighted by Gasteiger charge is -2.27. The number of nitrogens with zero attached hydrogens (tertiary/aromatic N) is 2. The second-order valence-corrected chi connectivity index (χ2v) is 6.83. The number of rotatable bonds is 4. The van der Waals surface area contributed by atoms with E-state index in [0.717, 1.165) is 28.3 Å². The fourth-order valence-electron chi connectivity index (χ4n) is 2.93. The van der Waals surface area contributed by atoms with Crippen molar-refractivity contribution in [3.63, 3.8) is 0 Å². The molecular weight excluding hydrogens is 354 g/mol. The van der Waals surface area contributed by atoms with Gasteiger partial charge in [0, 0.05) is 19.3 Å². The van der Waals surface area contributed by atoms with Crippen LogP contribution in [-0.4, -0.2) is 31.4 Å². The van der Waals surface area contributed by atoms with Crippen LogP contribution in [0.1, 0.15) is 23.6 Å². The van der Waals surface area contributed by atoms with Crippen molar-refractivity contribution in [2.24, 2.45) is 0 Å². The Kier molecular flexibility index (Phi) is 5.31. The number of aryl methyl sites for hydroxylation is 2. The van der Waals surface area contributed by atoms with Crippen molar-refractivity contribution in [2.45, 2.75) is 20.8 Å². The quantitative estimate of drug-likeness (QED) is 0.655. The summed E-state index contributed by atoms with van der Waals surface area (Å²) in [6.45, 7) is 6.78. The number of barbiturate groups is 1. The predicted molar refractivity (Wildman–Crippen MR) is 110 cm³/mol. The van der Waals surface area contributed by atoms with Gasteiger partial charge in [0.05, 0.1) is 5.69 Å². The third kappa shape index (κ3) is 3.67. The SMILES string of the molecule is CCN(C)c1ccc(/C=C2/C(=O)NC(=O)N(c3ccc(C)c(C)c3)C2=O)cc1. The molecule has 0 bridgehead atoms. The lowest BCUT2D eigenvalue weighted by atomic mass is 10.0. The van der Waals surface area contributed by atoms with Crippen LogP contribution in [0.4, 0.5) is 16.2 Å². The van der Waals surface area contributed by atoms with Crippen molar-refractivity contribution in [1.29, 1.82) is 0 Å². The van der Waals surface area contributed by atoms with Crippen molar-refractivity contribution in [3.8, 4) is 0 Å². The molecule has 1 saturated heterocycles. The van der Waals surface area contributed by atoms with Gasteiger partial charge in [0.15, 0.2) is 0 Å². The first kappa shape index (κ1) is 19.4. The van der Waals surface area contributed by atoms with Crippen LogP contribution in [-0.2, 0) is 9.59 Å². The number of carbonyl (C=O) groups excluding carboxylic acids is 3. The van der Waals surface area contributed by atoms with E-state index in [4.69, 9.17) is 0 Å². The van der Waals surface area contributed by atoms with Gasteiger partial charge in [-0.2, -0.15) is 0 Å². The summed E-state index contributed by atoms with van der Waals surface area (Å²) in [5.41, 5.74) is 4.12. The Morgan fingerprint density at radius 2 is 1.68 bits per heavy atom. The molecule has 6 nitrogen and oxygen atoms in total. The molecule has 4 amide bonds. The van der Waals surface area contributed by atoms with Crippen LogP contribution in [0.2, 0.25) is 0 Å². The van der Waals surface area contributed by atoms with E-state index >= 15 is 0 Å². The third-order valence-electron chi connectivity index (χ3n) is 4.97. The van der Waals surface area contributed by atoms with Crippen molar-refractivity contribution in [2.75, 3.05) is 23.4 Å². The van der Waals surface area contributed by atoms with Crippen molar-refractivity contribution in [1.82, 2.24) is 5.32 Å². The van der Waals surface area contributed by atoms with Gasteiger partial charge in [-0.1, -0.05) is 18.2 Å². The summed E-state index contributed by atoms with van der Waals surface area (Å²) in [6, 6.07) is 12.1. The molecule has 144 valence electrons. The average molecular weight is 377 g/mol. The van der Waals surface area contributed by atoms with Gasteiger partial charge in [0.1, 0.15) is 5.57 Å². The van der Waals surface area contributed by atoms with Gasteiger partial charge in [0.25, 0.3) is 11.8 Å². The zero-order chi connectivity index (χ0) is 20.4. The summed E-state index contributed by atoms with van der Waals surface area (Å²) in [5, 5.41) is 2.25. The molecule has 28 heavy (non-hydrogen) atoms. The number of hydrogen-bond donors (Lipinski definition) is 1. The highest BCUT2D eigenvalue weighted by Gasteiger charge is 2.36. The smallest absolute Gasteiger partial charge is 0.335 e. The van der Waals surface area contributed by atoms with Gasteiger partial charge >= 0.3 is 6.03 Å². The van der Waals surface area contributed by atoms with E-state index in [1.54, 1.807) is 12.1 Å². The van der Waals surface area contributed by atoms with Crippen molar-refractivity contribution in [3.05, 3.63) is 64.7 Å². The summed E-state index contributed by atoms with van der Waals surface area (Å²) in [6.07, 6.45) is 1.51. The highest BCUT2D eigenvalue weighted by atomic mass is 16.2. The lowest BCUT2D eigenvalue weighted by Crippen LogP contribution is -2.54. The van der Waals surface area contributed by atoms with Crippen LogP contribution in [0.25, 0.3) is 6.08 Å². The molecule has 0 aromatic heterocycles. The topological polar surface area (TPSA) is 69.7 Å². The third-order valence-corrected chi connectivity index (χ3v) is 4.97. The second-order valence-electron chi connectivity index (χ2n) is 6.83. The van der Waals surface area contributed by atoms with Crippen LogP contribution in [0.15, 0.2) is 48.0 Å². The van der Waals surface area contributed by atoms with Gasteiger partial charge < -0.3 is 4.90 Å². The van der Waals surface area contributed by atoms with Crippen LogP contribution in [0.5, 0.6) is 0 Å². The van der Waals surface area contributed by atoms with E-state index in [2.05, 4.69) is 17.1 Å². The Bertz CT molecular complexity index is 977. The maximum absolute atomic E-state index is 12.9. The van der Waals surface area contributed by atoms with Gasteiger partial charge in [-0.05, 0) is 67.8 Å². The molecule has 1 heterocycles. The molecule has 0 aliphatic carbocycles. The van der Waals surface area contributed by atoms with Crippen LogP contribution in [0, 0.1) is 13.8 Å². The Labute approximate surface area is 164 Å². The molecule has 0 spiro atoms. The second kappa shape index (κ2) is 7.68. The minimum absolute atomic E-state index is 0.0746. The molecule has 1 aliphatic rings. The Hall–Kier alpha value is -3.41. The zero-order valence-corrected chi connectivity index (χ0v) is 16.4. The molecular formula is C22H23N3O3. The van der Waals surface area contributed by atoms with Crippen LogP contribution >= 0.6 is 0 Å². The van der Waals surface area contributed by atoms with Crippen LogP contribution < -0.4 is 15.1 Å². The predicted octanol–water partition coefficient (Wildman–Crippen LogP) is 3.43.